The van der Waals surface area contributed by atoms with E-state index in [1.165, 1.54) is 12.8 Å². The summed E-state index contributed by atoms with van der Waals surface area (Å²) in [6.45, 7) is 4.21. The van der Waals surface area contributed by atoms with Crippen LogP contribution in [-0.4, -0.2) is 43.3 Å². The van der Waals surface area contributed by atoms with Crippen LogP contribution < -0.4 is 5.32 Å². The molecule has 0 bridgehead atoms. The zero-order chi connectivity index (χ0) is 17.4. The van der Waals surface area contributed by atoms with Gasteiger partial charge in [0, 0.05) is 19.6 Å². The van der Waals surface area contributed by atoms with Gasteiger partial charge >= 0.3 is 6.18 Å². The van der Waals surface area contributed by atoms with Crippen LogP contribution in [0.5, 0.6) is 0 Å². The Morgan fingerprint density at radius 2 is 1.76 bits per heavy atom. The third-order valence-electron chi connectivity index (χ3n) is 3.71. The minimum Gasteiger partial charge on any atom is -0.367 e. The van der Waals surface area contributed by atoms with E-state index in [-0.39, 0.29) is 30.6 Å². The number of nitrogens with one attached hydrogen (secondary N) is 1. The lowest BCUT2D eigenvalue weighted by Crippen LogP contribution is -2.39. The highest BCUT2D eigenvalue weighted by Crippen LogP contribution is 2.16. The fraction of sp³-hybridized carbons (Fsp3) is 0.588. The number of rotatable bonds is 6. The number of hydrogen-bond donors (Lipinski definition) is 1. The van der Waals surface area contributed by atoms with Crippen LogP contribution in [-0.2, 0) is 17.9 Å². The average molecular weight is 471 g/mol. The van der Waals surface area contributed by atoms with Crippen LogP contribution >= 0.6 is 24.0 Å². The summed E-state index contributed by atoms with van der Waals surface area (Å²) in [5, 5.41) is 3.30. The molecule has 0 aromatic heterocycles. The smallest absolute Gasteiger partial charge is 0.367 e. The highest BCUT2D eigenvalue weighted by Gasteiger charge is 2.27. The maximum absolute atomic E-state index is 12.0. The lowest BCUT2D eigenvalue weighted by Gasteiger charge is -2.20. The maximum Gasteiger partial charge on any atom is 0.411 e. The molecule has 1 aliphatic rings. The predicted octanol–water partition coefficient (Wildman–Crippen LogP) is 3.94. The molecule has 1 saturated heterocycles. The van der Waals surface area contributed by atoms with Crippen molar-refractivity contribution in [1.29, 1.82) is 0 Å². The zero-order valence-corrected chi connectivity index (χ0v) is 16.6. The summed E-state index contributed by atoms with van der Waals surface area (Å²) < 4.78 is 40.8. The van der Waals surface area contributed by atoms with Gasteiger partial charge in [0.15, 0.2) is 5.96 Å². The lowest BCUT2D eigenvalue weighted by molar-refractivity contribution is -0.176. The summed E-state index contributed by atoms with van der Waals surface area (Å²) in [6.07, 6.45) is -1.90. The molecule has 25 heavy (non-hydrogen) atoms. The Morgan fingerprint density at radius 1 is 1.16 bits per heavy atom. The summed E-state index contributed by atoms with van der Waals surface area (Å²) in [6, 6.07) is 7.32. The standard InChI is InChI=1S/C17H24F3N3O.HI/c1-2-21-16(23-9-3-4-10-23)22-11-14-5-7-15(8-6-14)12-24-13-17(18,19)20;/h5-8H,2-4,9-13H2,1H3,(H,21,22);1H. The molecule has 1 fully saturated rings. The van der Waals surface area contributed by atoms with Crippen molar-refractivity contribution in [2.24, 2.45) is 4.99 Å². The Bertz CT molecular complexity index is 529. The van der Waals surface area contributed by atoms with Gasteiger partial charge in [0.05, 0.1) is 13.2 Å². The molecule has 2 rings (SSSR count). The fourth-order valence-electron chi connectivity index (χ4n) is 2.55. The first-order valence-corrected chi connectivity index (χ1v) is 8.23. The van der Waals surface area contributed by atoms with Gasteiger partial charge in [0.1, 0.15) is 6.61 Å². The van der Waals surface area contributed by atoms with E-state index < -0.39 is 12.8 Å². The molecular weight excluding hydrogens is 446 g/mol. The van der Waals surface area contributed by atoms with E-state index in [4.69, 9.17) is 0 Å². The van der Waals surface area contributed by atoms with Gasteiger partial charge in [0.2, 0.25) is 0 Å². The summed E-state index contributed by atoms with van der Waals surface area (Å²) in [4.78, 5) is 6.89. The van der Waals surface area contributed by atoms with E-state index in [1.54, 1.807) is 12.1 Å². The van der Waals surface area contributed by atoms with Gasteiger partial charge in [-0.25, -0.2) is 4.99 Å². The highest BCUT2D eigenvalue weighted by molar-refractivity contribution is 14.0. The number of halogens is 4. The van der Waals surface area contributed by atoms with Gasteiger partial charge in [-0.3, -0.25) is 0 Å². The Hall–Kier alpha value is -1.03. The van der Waals surface area contributed by atoms with Crippen LogP contribution in [0.2, 0.25) is 0 Å². The predicted molar refractivity (Wildman–Crippen MR) is 103 cm³/mol. The fourth-order valence-corrected chi connectivity index (χ4v) is 2.55. The van der Waals surface area contributed by atoms with Crippen molar-refractivity contribution in [3.05, 3.63) is 35.4 Å². The van der Waals surface area contributed by atoms with Crippen LogP contribution in [0.4, 0.5) is 13.2 Å². The summed E-state index contributed by atoms with van der Waals surface area (Å²) >= 11 is 0. The van der Waals surface area contributed by atoms with Crippen molar-refractivity contribution >= 4 is 29.9 Å². The summed E-state index contributed by atoms with van der Waals surface area (Å²) in [7, 11) is 0. The van der Waals surface area contributed by atoms with Crippen molar-refractivity contribution in [2.75, 3.05) is 26.2 Å². The second-order valence-corrected chi connectivity index (χ2v) is 5.79. The molecule has 0 saturated carbocycles. The number of likely N-dealkylation sites (tertiary alicyclic amines) is 1. The molecule has 1 N–H and O–H groups in total. The van der Waals surface area contributed by atoms with E-state index >= 15 is 0 Å². The van der Waals surface area contributed by atoms with Crippen LogP contribution in [0.1, 0.15) is 30.9 Å². The Morgan fingerprint density at radius 3 is 2.32 bits per heavy atom. The molecular formula is C17H25F3IN3O. The lowest BCUT2D eigenvalue weighted by atomic mass is 10.1. The van der Waals surface area contributed by atoms with Crippen molar-refractivity contribution in [1.82, 2.24) is 10.2 Å². The van der Waals surface area contributed by atoms with E-state index in [0.717, 1.165) is 36.7 Å². The number of ether oxygens (including phenoxy) is 1. The molecule has 1 aromatic rings. The molecule has 1 aromatic carbocycles. The Kier molecular flexibility index (Phi) is 9.55. The van der Waals surface area contributed by atoms with Gasteiger partial charge in [-0.2, -0.15) is 13.2 Å². The molecule has 0 unspecified atom stereocenters. The zero-order valence-electron chi connectivity index (χ0n) is 14.3. The molecule has 0 amide bonds. The quantitative estimate of drug-likeness (QED) is 0.388. The number of guanidine groups is 1. The summed E-state index contributed by atoms with van der Waals surface area (Å²) in [5.74, 6) is 0.924. The van der Waals surface area contributed by atoms with Crippen molar-refractivity contribution in [2.45, 2.75) is 39.1 Å². The van der Waals surface area contributed by atoms with Gasteiger partial charge < -0.3 is 15.0 Å². The monoisotopic (exact) mass is 471 g/mol. The average Bonchev–Trinajstić information content (AvgIpc) is 3.06. The molecule has 1 aliphatic heterocycles. The number of nitrogens with zero attached hydrogens (tertiary/aromatic N) is 2. The third-order valence-corrected chi connectivity index (χ3v) is 3.71. The number of aliphatic imine (C=N–C) groups is 1. The first kappa shape index (κ1) is 22.0. The van der Waals surface area contributed by atoms with Crippen molar-refractivity contribution in [3.63, 3.8) is 0 Å². The Labute approximate surface area is 163 Å². The normalized spacial score (nSPS) is 15.2. The van der Waals surface area contributed by atoms with E-state index in [1.807, 2.05) is 19.1 Å². The second-order valence-electron chi connectivity index (χ2n) is 5.79. The first-order chi connectivity index (χ1) is 11.5. The molecule has 0 radical (unpaired) electrons. The Balaban J connectivity index is 0.00000312. The molecule has 142 valence electrons. The number of alkyl halides is 3. The molecule has 0 aliphatic carbocycles. The van der Waals surface area contributed by atoms with Crippen molar-refractivity contribution < 1.29 is 17.9 Å². The minimum atomic E-state index is -4.28. The highest BCUT2D eigenvalue weighted by atomic mass is 127. The summed E-state index contributed by atoms with van der Waals surface area (Å²) in [5.41, 5.74) is 1.74. The first-order valence-electron chi connectivity index (χ1n) is 8.23. The topological polar surface area (TPSA) is 36.9 Å². The van der Waals surface area contributed by atoms with Gasteiger partial charge in [-0.1, -0.05) is 24.3 Å². The van der Waals surface area contributed by atoms with Crippen LogP contribution in [0.15, 0.2) is 29.3 Å². The molecule has 4 nitrogen and oxygen atoms in total. The molecule has 0 spiro atoms. The SMILES string of the molecule is CCNC(=NCc1ccc(COCC(F)(F)F)cc1)N1CCCC1.I. The van der Waals surface area contributed by atoms with Crippen LogP contribution in [0.25, 0.3) is 0 Å². The third kappa shape index (κ3) is 8.26. The molecule has 0 atom stereocenters. The molecule has 1 heterocycles. The largest absolute Gasteiger partial charge is 0.411 e. The van der Waals surface area contributed by atoms with Gasteiger partial charge in [0.25, 0.3) is 0 Å². The van der Waals surface area contributed by atoms with E-state index in [9.17, 15) is 13.2 Å². The molecule has 8 heteroatoms. The second kappa shape index (κ2) is 10.8. The van der Waals surface area contributed by atoms with E-state index in [0.29, 0.717) is 6.54 Å². The van der Waals surface area contributed by atoms with Crippen molar-refractivity contribution in [3.8, 4) is 0 Å². The van der Waals surface area contributed by atoms with Gasteiger partial charge in [-0.15, -0.1) is 24.0 Å². The van der Waals surface area contributed by atoms with Crippen LogP contribution in [0.3, 0.4) is 0 Å². The number of benzene rings is 1. The number of hydrogen-bond acceptors (Lipinski definition) is 2. The van der Waals surface area contributed by atoms with Gasteiger partial charge in [-0.05, 0) is 30.9 Å². The maximum atomic E-state index is 12.0. The van der Waals surface area contributed by atoms with E-state index in [2.05, 4.69) is 19.9 Å². The minimum absolute atomic E-state index is 0. The van der Waals surface area contributed by atoms with Crippen LogP contribution in [0, 0.1) is 0 Å².